The number of alkyl halides is 1. The molecule has 8 nitrogen and oxygen atoms in total. The Bertz CT molecular complexity index is 1420. The minimum absolute atomic E-state index is 0.0333. The fourth-order valence-corrected chi connectivity index (χ4v) is 5.09. The van der Waals surface area contributed by atoms with Gasteiger partial charge in [-0.2, -0.15) is 0 Å². The zero-order valence-electron chi connectivity index (χ0n) is 17.5. The summed E-state index contributed by atoms with van der Waals surface area (Å²) in [6.45, 7) is 0.0526. The van der Waals surface area contributed by atoms with Crippen LogP contribution in [0.3, 0.4) is 0 Å². The number of nitrogens with one attached hydrogen (secondary N) is 1. The van der Waals surface area contributed by atoms with Crippen molar-refractivity contribution in [3.05, 3.63) is 58.0 Å². The Morgan fingerprint density at radius 2 is 1.94 bits per heavy atom. The van der Waals surface area contributed by atoms with E-state index < -0.39 is 32.8 Å². The maximum Gasteiger partial charge on any atom is 0.341 e. The number of hydrogen-bond acceptors (Lipinski definition) is 5. The molecule has 1 aliphatic rings. The molecule has 0 bridgehead atoms. The van der Waals surface area contributed by atoms with Gasteiger partial charge in [0.2, 0.25) is 15.5 Å². The van der Waals surface area contributed by atoms with E-state index in [1.54, 1.807) is 4.57 Å². The minimum Gasteiger partial charge on any atom is -0.494 e. The van der Waals surface area contributed by atoms with E-state index in [1.807, 2.05) is 0 Å². The molecular weight excluding hydrogens is 475 g/mol. The van der Waals surface area contributed by atoms with Crippen LogP contribution in [0.25, 0.3) is 22.2 Å². The Kier molecular flexibility index (Phi) is 6.17. The lowest BCUT2D eigenvalue weighted by Crippen LogP contribution is -2.25. The maximum absolute atomic E-state index is 14.2. The van der Waals surface area contributed by atoms with Crippen LogP contribution in [0.15, 0.2) is 46.1 Å². The zero-order chi connectivity index (χ0) is 23.9. The Hall–Kier alpha value is -2.95. The first-order valence-electron chi connectivity index (χ1n) is 10.0. The number of pyridine rings is 1. The third-order valence-corrected chi connectivity index (χ3v) is 7.07. The monoisotopic (exact) mass is 494 g/mol. The highest BCUT2D eigenvalue weighted by Crippen LogP contribution is 2.44. The van der Waals surface area contributed by atoms with E-state index in [1.165, 1.54) is 31.4 Å². The van der Waals surface area contributed by atoms with Crippen molar-refractivity contribution in [2.24, 2.45) is 0 Å². The molecule has 11 heteroatoms. The second-order valence-corrected chi connectivity index (χ2v) is 9.72. The lowest BCUT2D eigenvalue weighted by Gasteiger charge is -2.21. The number of aromatic carboxylic acids is 1. The van der Waals surface area contributed by atoms with Crippen molar-refractivity contribution in [1.29, 1.82) is 0 Å². The van der Waals surface area contributed by atoms with Gasteiger partial charge >= 0.3 is 5.97 Å². The number of carboxylic acid groups (broad SMARTS) is 1. The molecule has 1 aromatic heterocycles. The third-order valence-electron chi connectivity index (χ3n) is 5.40. The van der Waals surface area contributed by atoms with Crippen LogP contribution in [0, 0.1) is 5.82 Å². The molecule has 0 spiro atoms. The van der Waals surface area contributed by atoms with Crippen LogP contribution in [0.1, 0.15) is 29.2 Å². The first kappa shape index (κ1) is 23.2. The summed E-state index contributed by atoms with van der Waals surface area (Å²) in [6, 6.07) is 7.57. The topological polar surface area (TPSA) is 115 Å². The number of nitrogens with zero attached hydrogens (tertiary/aromatic N) is 1. The molecule has 0 atom stereocenters. The summed E-state index contributed by atoms with van der Waals surface area (Å²) in [4.78, 5) is 25.3. The highest BCUT2D eigenvalue weighted by atomic mass is 35.5. The highest BCUT2D eigenvalue weighted by molar-refractivity contribution is 7.89. The van der Waals surface area contributed by atoms with Gasteiger partial charge in [-0.15, -0.1) is 11.6 Å². The van der Waals surface area contributed by atoms with Gasteiger partial charge < -0.3 is 14.4 Å². The molecule has 0 amide bonds. The number of fused-ring (bicyclic) bond motifs is 1. The molecular formula is C22H20ClFN2O6S. The number of halogens is 2. The van der Waals surface area contributed by atoms with Gasteiger partial charge in [-0.05, 0) is 36.6 Å². The van der Waals surface area contributed by atoms with Crippen LogP contribution >= 0.6 is 11.6 Å². The molecule has 1 saturated carbocycles. The van der Waals surface area contributed by atoms with E-state index in [9.17, 15) is 27.5 Å². The summed E-state index contributed by atoms with van der Waals surface area (Å²) >= 11 is 5.55. The second-order valence-electron chi connectivity index (χ2n) is 7.57. The van der Waals surface area contributed by atoms with Crippen molar-refractivity contribution >= 4 is 38.5 Å². The molecule has 1 fully saturated rings. The molecule has 1 heterocycles. The number of hydrogen-bond donors (Lipinski definition) is 2. The van der Waals surface area contributed by atoms with Crippen LogP contribution in [-0.2, 0) is 10.0 Å². The maximum atomic E-state index is 14.2. The van der Waals surface area contributed by atoms with E-state index >= 15 is 0 Å². The first-order valence-corrected chi connectivity index (χ1v) is 12.1. The molecule has 33 heavy (non-hydrogen) atoms. The Balaban J connectivity index is 2.02. The minimum atomic E-state index is -3.80. The molecule has 0 radical (unpaired) electrons. The first-order chi connectivity index (χ1) is 15.7. The predicted molar refractivity (Wildman–Crippen MR) is 121 cm³/mol. The molecule has 0 unspecified atom stereocenters. The SMILES string of the molecule is COc1cc(F)cc2c(=O)c(C(=O)O)c(-c3ccc(S(=O)(=O)NCCCl)cc3)n(C3CC3)c12. The van der Waals surface area contributed by atoms with Crippen LogP contribution in [0.2, 0.25) is 0 Å². The Morgan fingerprint density at radius 3 is 2.48 bits per heavy atom. The molecule has 0 saturated heterocycles. The van der Waals surface area contributed by atoms with Crippen LogP contribution < -0.4 is 14.9 Å². The van der Waals surface area contributed by atoms with Crippen LogP contribution in [0.5, 0.6) is 5.75 Å². The van der Waals surface area contributed by atoms with Gasteiger partial charge in [-0.3, -0.25) is 4.79 Å². The number of ether oxygens (including phenoxy) is 1. The van der Waals surface area contributed by atoms with Crippen LogP contribution in [-0.4, -0.2) is 43.6 Å². The fourth-order valence-electron chi connectivity index (χ4n) is 3.85. The van der Waals surface area contributed by atoms with E-state index in [0.717, 1.165) is 25.0 Å². The standard InChI is InChI=1S/C22H20ClFN2O6S/c1-32-17-11-13(24)10-16-20(17)26(14-4-5-14)19(18(21(16)27)22(28)29)12-2-6-15(7-3-12)33(30,31)25-9-8-23/h2-3,6-7,10-11,14,25H,4-5,8-9H2,1H3,(H,28,29). The van der Waals surface area contributed by atoms with Crippen molar-refractivity contribution in [3.8, 4) is 17.0 Å². The zero-order valence-corrected chi connectivity index (χ0v) is 19.0. The lowest BCUT2D eigenvalue weighted by atomic mass is 10.0. The molecule has 2 aromatic carbocycles. The van der Waals surface area contributed by atoms with Crippen molar-refractivity contribution in [1.82, 2.24) is 9.29 Å². The summed E-state index contributed by atoms with van der Waals surface area (Å²) < 4.78 is 48.3. The molecule has 3 aromatic rings. The average Bonchev–Trinajstić information content (AvgIpc) is 3.62. The van der Waals surface area contributed by atoms with E-state index in [0.29, 0.717) is 11.1 Å². The van der Waals surface area contributed by atoms with Crippen LogP contribution in [0.4, 0.5) is 4.39 Å². The van der Waals surface area contributed by atoms with Gasteiger partial charge in [-0.25, -0.2) is 22.3 Å². The Labute approximate surface area is 193 Å². The van der Waals surface area contributed by atoms with Gasteiger partial charge in [0.25, 0.3) is 0 Å². The predicted octanol–water partition coefficient (Wildman–Crippen LogP) is 3.37. The van der Waals surface area contributed by atoms with Crippen molar-refractivity contribution in [3.63, 3.8) is 0 Å². The number of aromatic nitrogens is 1. The lowest BCUT2D eigenvalue weighted by molar-refractivity contribution is 0.0695. The number of rotatable bonds is 8. The number of sulfonamides is 1. The van der Waals surface area contributed by atoms with Crippen molar-refractivity contribution in [2.75, 3.05) is 19.5 Å². The number of methoxy groups -OCH3 is 1. The smallest absolute Gasteiger partial charge is 0.341 e. The average molecular weight is 495 g/mol. The Morgan fingerprint density at radius 1 is 1.27 bits per heavy atom. The molecule has 4 rings (SSSR count). The summed E-state index contributed by atoms with van der Waals surface area (Å²) in [7, 11) is -2.46. The van der Waals surface area contributed by atoms with Gasteiger partial charge in [-0.1, -0.05) is 12.1 Å². The summed E-state index contributed by atoms with van der Waals surface area (Å²) in [5.74, 6) is -1.97. The number of carboxylic acids is 1. The second kappa shape index (κ2) is 8.77. The van der Waals surface area contributed by atoms with Gasteiger partial charge in [0, 0.05) is 24.5 Å². The van der Waals surface area contributed by atoms with Gasteiger partial charge in [0.1, 0.15) is 17.1 Å². The van der Waals surface area contributed by atoms with E-state index in [-0.39, 0.29) is 40.2 Å². The number of carbonyl (C=O) groups is 1. The number of benzene rings is 2. The van der Waals surface area contributed by atoms with Gasteiger partial charge in [0.05, 0.1) is 28.6 Å². The third kappa shape index (κ3) is 4.21. The summed E-state index contributed by atoms with van der Waals surface area (Å²) in [6.07, 6.45) is 1.47. The van der Waals surface area contributed by atoms with Gasteiger partial charge in [0.15, 0.2) is 0 Å². The summed E-state index contributed by atoms with van der Waals surface area (Å²) in [5, 5.41) is 9.82. The fraction of sp³-hybridized carbons (Fsp3) is 0.273. The molecule has 1 aliphatic carbocycles. The molecule has 174 valence electrons. The van der Waals surface area contributed by atoms with Crippen molar-refractivity contribution < 1.29 is 27.4 Å². The molecule has 2 N–H and O–H groups in total. The van der Waals surface area contributed by atoms with E-state index in [2.05, 4.69) is 4.72 Å². The molecule has 0 aliphatic heterocycles. The normalized spacial score (nSPS) is 13.9. The quantitative estimate of drug-likeness (QED) is 0.464. The van der Waals surface area contributed by atoms with E-state index in [4.69, 9.17) is 16.3 Å². The van der Waals surface area contributed by atoms with Crippen molar-refractivity contribution in [2.45, 2.75) is 23.8 Å². The highest BCUT2D eigenvalue weighted by Gasteiger charge is 2.33. The summed E-state index contributed by atoms with van der Waals surface area (Å²) in [5.41, 5.74) is -0.612. The largest absolute Gasteiger partial charge is 0.494 e.